The van der Waals surface area contributed by atoms with Gasteiger partial charge in [0.1, 0.15) is 5.76 Å². The number of hydrogen-bond donors (Lipinski definition) is 2. The number of aromatic nitrogens is 1. The van der Waals surface area contributed by atoms with E-state index >= 15 is 0 Å². The zero-order chi connectivity index (χ0) is 10.7. The van der Waals surface area contributed by atoms with Crippen LogP contribution in [0, 0.1) is 0 Å². The molecule has 1 atom stereocenters. The number of carboxylic acids is 1. The van der Waals surface area contributed by atoms with Crippen LogP contribution < -0.4 is 5.32 Å². The van der Waals surface area contributed by atoms with Crippen molar-refractivity contribution in [3.05, 3.63) is 17.8 Å². The minimum Gasteiger partial charge on any atom is -0.481 e. The van der Waals surface area contributed by atoms with E-state index in [1.165, 1.54) is 0 Å². The lowest BCUT2D eigenvalue weighted by molar-refractivity contribution is -0.137. The van der Waals surface area contributed by atoms with Crippen LogP contribution in [0.15, 0.2) is 10.6 Å². The van der Waals surface area contributed by atoms with E-state index in [2.05, 4.69) is 10.3 Å². The molecule has 5 nitrogen and oxygen atoms in total. The van der Waals surface area contributed by atoms with Gasteiger partial charge in [0.25, 0.3) is 0 Å². The van der Waals surface area contributed by atoms with Gasteiger partial charge in [-0.25, -0.2) is 4.98 Å². The van der Waals surface area contributed by atoms with Gasteiger partial charge in [-0.3, -0.25) is 4.79 Å². The molecule has 0 radical (unpaired) electrons. The summed E-state index contributed by atoms with van der Waals surface area (Å²) in [7, 11) is 0. The average Bonchev–Trinajstić information content (AvgIpc) is 2.85. The number of rotatable bonds is 4. The van der Waals surface area contributed by atoms with Crippen LogP contribution in [0.25, 0.3) is 0 Å². The van der Waals surface area contributed by atoms with Crippen LogP contribution in [-0.2, 0) is 11.2 Å². The fourth-order valence-electron chi connectivity index (χ4n) is 1.72. The number of carbonyl (C=O) groups is 1. The van der Waals surface area contributed by atoms with Crippen LogP contribution in [0.3, 0.4) is 0 Å². The fraction of sp³-hybridized carbons (Fsp3) is 0.600. The highest BCUT2D eigenvalue weighted by Crippen LogP contribution is 2.22. The lowest BCUT2D eigenvalue weighted by Gasteiger charge is -2.00. The Balaban J connectivity index is 1.94. The number of nitrogens with zero attached hydrogens (tertiary/aromatic N) is 1. The number of hydrogen-bond acceptors (Lipinski definition) is 4. The Morgan fingerprint density at radius 2 is 2.60 bits per heavy atom. The summed E-state index contributed by atoms with van der Waals surface area (Å²) in [5, 5.41) is 11.8. The smallest absolute Gasteiger partial charge is 0.303 e. The van der Waals surface area contributed by atoms with Crippen molar-refractivity contribution >= 4 is 5.97 Å². The third-order valence-corrected chi connectivity index (χ3v) is 2.57. The molecular formula is C10H14N2O3. The molecule has 2 rings (SSSR count). The third-order valence-electron chi connectivity index (χ3n) is 2.57. The lowest BCUT2D eigenvalue weighted by Crippen LogP contribution is -2.07. The van der Waals surface area contributed by atoms with E-state index in [1.807, 2.05) is 0 Å². The Bertz CT molecular complexity index is 342. The van der Waals surface area contributed by atoms with E-state index < -0.39 is 5.97 Å². The molecule has 1 fully saturated rings. The van der Waals surface area contributed by atoms with Crippen molar-refractivity contribution in [1.82, 2.24) is 10.3 Å². The van der Waals surface area contributed by atoms with E-state index in [9.17, 15) is 4.79 Å². The third kappa shape index (κ3) is 2.56. The molecule has 2 heterocycles. The van der Waals surface area contributed by atoms with Gasteiger partial charge in [0, 0.05) is 18.9 Å². The van der Waals surface area contributed by atoms with E-state index in [-0.39, 0.29) is 6.42 Å². The number of carboxylic acid groups (broad SMARTS) is 1. The second kappa shape index (κ2) is 4.44. The summed E-state index contributed by atoms with van der Waals surface area (Å²) < 4.78 is 5.50. The normalized spacial score (nSPS) is 20.7. The second-order valence-electron chi connectivity index (χ2n) is 3.75. The molecule has 0 spiro atoms. The van der Waals surface area contributed by atoms with Gasteiger partial charge in [0.2, 0.25) is 0 Å². The van der Waals surface area contributed by atoms with Crippen molar-refractivity contribution in [3.8, 4) is 0 Å². The molecule has 0 amide bonds. The first-order chi connectivity index (χ1) is 7.25. The quantitative estimate of drug-likeness (QED) is 0.767. The average molecular weight is 210 g/mol. The zero-order valence-electron chi connectivity index (χ0n) is 8.40. The molecule has 1 aromatic heterocycles. The van der Waals surface area contributed by atoms with Crippen LogP contribution in [0.2, 0.25) is 0 Å². The summed E-state index contributed by atoms with van der Waals surface area (Å²) in [5.41, 5.74) is 0. The molecule has 0 bridgehead atoms. The van der Waals surface area contributed by atoms with Crippen molar-refractivity contribution in [1.29, 1.82) is 0 Å². The van der Waals surface area contributed by atoms with Crippen molar-refractivity contribution < 1.29 is 14.3 Å². The summed E-state index contributed by atoms with van der Waals surface area (Å²) in [6.07, 6.45) is 3.19. The highest BCUT2D eigenvalue weighted by atomic mass is 16.4. The number of nitrogens with one attached hydrogen (secondary N) is 1. The number of oxazole rings is 1. The molecule has 82 valence electrons. The topological polar surface area (TPSA) is 75.4 Å². The molecule has 1 unspecified atom stereocenters. The van der Waals surface area contributed by atoms with Crippen molar-refractivity contribution in [3.63, 3.8) is 0 Å². The Labute approximate surface area is 87.5 Å². The van der Waals surface area contributed by atoms with Gasteiger partial charge in [-0.2, -0.15) is 0 Å². The molecule has 0 aliphatic carbocycles. The van der Waals surface area contributed by atoms with E-state index in [0.29, 0.717) is 18.1 Å². The maximum Gasteiger partial charge on any atom is 0.303 e. The Morgan fingerprint density at radius 1 is 1.73 bits per heavy atom. The molecule has 5 heteroatoms. The number of aliphatic carboxylic acids is 1. The summed E-state index contributed by atoms with van der Waals surface area (Å²) in [5.74, 6) is 0.943. The first-order valence-electron chi connectivity index (χ1n) is 5.13. The highest BCUT2D eigenvalue weighted by molar-refractivity contribution is 5.66. The van der Waals surface area contributed by atoms with Crippen LogP contribution in [0.1, 0.15) is 30.4 Å². The number of aryl methyl sites for hydroxylation is 1. The molecule has 15 heavy (non-hydrogen) atoms. The summed E-state index contributed by atoms with van der Waals surface area (Å²) in [6.45, 7) is 1.90. The van der Waals surface area contributed by atoms with Crippen LogP contribution in [-0.4, -0.2) is 29.1 Å². The minimum atomic E-state index is -0.810. The van der Waals surface area contributed by atoms with Crippen LogP contribution in [0.4, 0.5) is 0 Å². The van der Waals surface area contributed by atoms with Crippen molar-refractivity contribution in [2.24, 2.45) is 0 Å². The Hall–Kier alpha value is -1.36. The largest absolute Gasteiger partial charge is 0.481 e. The molecule has 1 aromatic rings. The molecule has 1 aliphatic heterocycles. The van der Waals surface area contributed by atoms with Crippen molar-refractivity contribution in [2.75, 3.05) is 13.1 Å². The summed E-state index contributed by atoms with van der Waals surface area (Å²) >= 11 is 0. The highest BCUT2D eigenvalue weighted by Gasteiger charge is 2.21. The lowest BCUT2D eigenvalue weighted by atomic mass is 10.1. The van der Waals surface area contributed by atoms with E-state index in [0.717, 1.165) is 25.4 Å². The van der Waals surface area contributed by atoms with Gasteiger partial charge in [-0.05, 0) is 13.0 Å². The maximum absolute atomic E-state index is 10.4. The SMILES string of the molecule is O=C(O)CCc1cnc(C2CCNC2)o1. The van der Waals surface area contributed by atoms with Gasteiger partial charge < -0.3 is 14.8 Å². The molecule has 0 saturated carbocycles. The second-order valence-corrected chi connectivity index (χ2v) is 3.75. The van der Waals surface area contributed by atoms with Gasteiger partial charge in [-0.15, -0.1) is 0 Å². The molecule has 1 saturated heterocycles. The van der Waals surface area contributed by atoms with E-state index in [4.69, 9.17) is 9.52 Å². The summed E-state index contributed by atoms with van der Waals surface area (Å²) in [6, 6.07) is 0. The fourth-order valence-corrected chi connectivity index (χ4v) is 1.72. The standard InChI is InChI=1S/C10H14N2O3/c13-9(14)2-1-8-6-12-10(15-8)7-3-4-11-5-7/h6-7,11H,1-5H2,(H,13,14). The van der Waals surface area contributed by atoms with Gasteiger partial charge >= 0.3 is 5.97 Å². The first kappa shape index (κ1) is 10.2. The molecule has 2 N–H and O–H groups in total. The monoisotopic (exact) mass is 210 g/mol. The minimum absolute atomic E-state index is 0.0948. The predicted octanol–water partition coefficient (Wildman–Crippen LogP) is 0.769. The zero-order valence-corrected chi connectivity index (χ0v) is 8.40. The Morgan fingerprint density at radius 3 is 3.27 bits per heavy atom. The predicted molar refractivity (Wildman–Crippen MR) is 52.7 cm³/mol. The molecule has 1 aliphatic rings. The van der Waals surface area contributed by atoms with Crippen LogP contribution >= 0.6 is 0 Å². The summed E-state index contributed by atoms with van der Waals surface area (Å²) in [4.78, 5) is 14.5. The van der Waals surface area contributed by atoms with Crippen molar-refractivity contribution in [2.45, 2.75) is 25.2 Å². The van der Waals surface area contributed by atoms with Gasteiger partial charge in [-0.1, -0.05) is 0 Å². The Kier molecular flexibility index (Phi) is 3.01. The molecular weight excluding hydrogens is 196 g/mol. The maximum atomic E-state index is 10.4. The molecule has 0 aromatic carbocycles. The van der Waals surface area contributed by atoms with Gasteiger partial charge in [0.15, 0.2) is 5.89 Å². The van der Waals surface area contributed by atoms with Gasteiger partial charge in [0.05, 0.1) is 12.6 Å². The first-order valence-corrected chi connectivity index (χ1v) is 5.13. The van der Waals surface area contributed by atoms with E-state index in [1.54, 1.807) is 6.20 Å². The van der Waals surface area contributed by atoms with Crippen LogP contribution in [0.5, 0.6) is 0 Å².